The summed E-state index contributed by atoms with van der Waals surface area (Å²) in [5.74, 6) is 2.10. The van der Waals surface area contributed by atoms with Crippen LogP contribution < -0.4 is 0 Å². The van der Waals surface area contributed by atoms with Crippen molar-refractivity contribution in [2.75, 3.05) is 26.2 Å². The molecule has 130 valence electrons. The van der Waals surface area contributed by atoms with Gasteiger partial charge in [0.25, 0.3) is 5.89 Å². The lowest BCUT2D eigenvalue weighted by molar-refractivity contribution is 0.120. The standard InChI is InChI=1S/C19H22N4O2/c1-15-17(21-19(25-15)18-5-3-11-24-18)14-23-9-7-22(8-10-23)13-16-4-2-6-20-12-16/h2-6,11-12H,7-10,13-14H2,1H3. The van der Waals surface area contributed by atoms with E-state index in [2.05, 4.69) is 25.8 Å². The molecular formula is C19H22N4O2. The number of furan rings is 1. The predicted molar refractivity (Wildman–Crippen MR) is 93.7 cm³/mol. The van der Waals surface area contributed by atoms with Crippen LogP contribution in [0, 0.1) is 6.92 Å². The summed E-state index contributed by atoms with van der Waals surface area (Å²) >= 11 is 0. The highest BCUT2D eigenvalue weighted by atomic mass is 16.4. The molecule has 25 heavy (non-hydrogen) atoms. The summed E-state index contributed by atoms with van der Waals surface area (Å²) in [6.45, 7) is 7.91. The van der Waals surface area contributed by atoms with Gasteiger partial charge in [0, 0.05) is 51.7 Å². The maximum absolute atomic E-state index is 5.75. The quantitative estimate of drug-likeness (QED) is 0.713. The van der Waals surface area contributed by atoms with E-state index >= 15 is 0 Å². The van der Waals surface area contributed by atoms with Gasteiger partial charge in [0.05, 0.1) is 12.0 Å². The third-order valence-electron chi connectivity index (χ3n) is 4.59. The second kappa shape index (κ2) is 7.21. The van der Waals surface area contributed by atoms with Crippen molar-refractivity contribution < 1.29 is 8.83 Å². The largest absolute Gasteiger partial charge is 0.459 e. The van der Waals surface area contributed by atoms with Gasteiger partial charge < -0.3 is 8.83 Å². The van der Waals surface area contributed by atoms with E-state index in [4.69, 9.17) is 8.83 Å². The first kappa shape index (κ1) is 16.1. The van der Waals surface area contributed by atoms with Gasteiger partial charge in [-0.3, -0.25) is 14.8 Å². The molecule has 1 aliphatic heterocycles. The molecule has 0 saturated carbocycles. The topological polar surface area (TPSA) is 58.5 Å². The summed E-state index contributed by atoms with van der Waals surface area (Å²) in [7, 11) is 0. The van der Waals surface area contributed by atoms with Gasteiger partial charge in [-0.05, 0) is 30.7 Å². The van der Waals surface area contributed by atoms with Crippen LogP contribution in [0.4, 0.5) is 0 Å². The summed E-state index contributed by atoms with van der Waals surface area (Å²) in [5, 5.41) is 0. The Morgan fingerprint density at radius 3 is 2.52 bits per heavy atom. The number of rotatable bonds is 5. The van der Waals surface area contributed by atoms with Crippen molar-refractivity contribution in [2.45, 2.75) is 20.0 Å². The second-order valence-electron chi connectivity index (χ2n) is 6.41. The van der Waals surface area contributed by atoms with Crippen LogP contribution in [0.25, 0.3) is 11.7 Å². The molecule has 6 heteroatoms. The van der Waals surface area contributed by atoms with E-state index < -0.39 is 0 Å². The minimum absolute atomic E-state index is 0.563. The molecule has 0 spiro atoms. The molecule has 0 atom stereocenters. The summed E-state index contributed by atoms with van der Waals surface area (Å²) in [6, 6.07) is 7.84. The molecule has 3 aromatic heterocycles. The maximum Gasteiger partial charge on any atom is 0.263 e. The number of aryl methyl sites for hydroxylation is 1. The van der Waals surface area contributed by atoms with Gasteiger partial charge in [-0.25, -0.2) is 4.98 Å². The third-order valence-corrected chi connectivity index (χ3v) is 4.59. The number of aromatic nitrogens is 2. The van der Waals surface area contributed by atoms with E-state index in [0.717, 1.165) is 50.7 Å². The highest BCUT2D eigenvalue weighted by Gasteiger charge is 2.20. The zero-order valence-corrected chi connectivity index (χ0v) is 14.4. The lowest BCUT2D eigenvalue weighted by Crippen LogP contribution is -2.45. The predicted octanol–water partition coefficient (Wildman–Crippen LogP) is 2.96. The molecule has 1 fully saturated rings. The van der Waals surface area contributed by atoms with E-state index in [0.29, 0.717) is 11.7 Å². The lowest BCUT2D eigenvalue weighted by Gasteiger charge is -2.34. The Morgan fingerprint density at radius 2 is 1.84 bits per heavy atom. The van der Waals surface area contributed by atoms with Crippen LogP contribution >= 0.6 is 0 Å². The number of hydrogen-bond acceptors (Lipinski definition) is 6. The monoisotopic (exact) mass is 338 g/mol. The average Bonchev–Trinajstić information content (AvgIpc) is 3.28. The number of oxazole rings is 1. The Kier molecular flexibility index (Phi) is 4.63. The first-order chi connectivity index (χ1) is 12.3. The fourth-order valence-corrected chi connectivity index (χ4v) is 3.15. The maximum atomic E-state index is 5.75. The first-order valence-electron chi connectivity index (χ1n) is 8.62. The molecule has 4 heterocycles. The van der Waals surface area contributed by atoms with Crippen molar-refractivity contribution in [3.63, 3.8) is 0 Å². The van der Waals surface area contributed by atoms with Crippen LogP contribution in [0.2, 0.25) is 0 Å². The lowest BCUT2D eigenvalue weighted by atomic mass is 10.2. The number of hydrogen-bond donors (Lipinski definition) is 0. The highest BCUT2D eigenvalue weighted by molar-refractivity contribution is 5.44. The van der Waals surface area contributed by atoms with Gasteiger partial charge in [0.2, 0.25) is 0 Å². The van der Waals surface area contributed by atoms with E-state index in [1.54, 1.807) is 6.26 Å². The Labute approximate surface area is 147 Å². The van der Waals surface area contributed by atoms with Crippen molar-refractivity contribution >= 4 is 0 Å². The summed E-state index contributed by atoms with van der Waals surface area (Å²) < 4.78 is 11.1. The van der Waals surface area contributed by atoms with Crippen LogP contribution in [0.5, 0.6) is 0 Å². The van der Waals surface area contributed by atoms with Crippen LogP contribution in [-0.4, -0.2) is 45.9 Å². The van der Waals surface area contributed by atoms with Gasteiger partial charge in [-0.1, -0.05) is 6.07 Å². The molecule has 0 radical (unpaired) electrons. The Hall–Kier alpha value is -2.44. The molecular weight excluding hydrogens is 316 g/mol. The van der Waals surface area contributed by atoms with Gasteiger partial charge >= 0.3 is 0 Å². The van der Waals surface area contributed by atoms with E-state index in [1.165, 1.54) is 5.56 Å². The average molecular weight is 338 g/mol. The molecule has 0 amide bonds. The van der Waals surface area contributed by atoms with E-state index in [-0.39, 0.29) is 0 Å². The molecule has 4 rings (SSSR count). The van der Waals surface area contributed by atoms with Crippen LogP contribution in [0.3, 0.4) is 0 Å². The fraction of sp³-hybridized carbons (Fsp3) is 0.368. The second-order valence-corrected chi connectivity index (χ2v) is 6.41. The van der Waals surface area contributed by atoms with Gasteiger partial charge in [-0.15, -0.1) is 0 Å². The van der Waals surface area contributed by atoms with Crippen LogP contribution in [-0.2, 0) is 13.1 Å². The first-order valence-corrected chi connectivity index (χ1v) is 8.62. The van der Waals surface area contributed by atoms with E-state index in [9.17, 15) is 0 Å². The zero-order valence-electron chi connectivity index (χ0n) is 14.4. The molecule has 1 aliphatic rings. The molecule has 1 saturated heterocycles. The SMILES string of the molecule is Cc1oc(-c2ccco2)nc1CN1CCN(Cc2cccnc2)CC1. The van der Waals surface area contributed by atoms with Crippen molar-refractivity contribution in [3.8, 4) is 11.7 Å². The summed E-state index contributed by atoms with van der Waals surface area (Å²) in [5.41, 5.74) is 2.26. The smallest absolute Gasteiger partial charge is 0.263 e. The normalized spacial score (nSPS) is 16.4. The Balaban J connectivity index is 1.33. The number of pyridine rings is 1. The number of nitrogens with zero attached hydrogens (tertiary/aromatic N) is 4. The molecule has 6 nitrogen and oxygen atoms in total. The summed E-state index contributed by atoms with van der Waals surface area (Å²) in [6.07, 6.45) is 5.40. The minimum Gasteiger partial charge on any atom is -0.459 e. The summed E-state index contributed by atoms with van der Waals surface area (Å²) in [4.78, 5) is 13.7. The van der Waals surface area contributed by atoms with Gasteiger partial charge in [0.15, 0.2) is 5.76 Å². The fourth-order valence-electron chi connectivity index (χ4n) is 3.15. The van der Waals surface area contributed by atoms with Gasteiger partial charge in [-0.2, -0.15) is 0 Å². The third kappa shape index (κ3) is 3.81. The van der Waals surface area contributed by atoms with Crippen molar-refractivity contribution in [1.29, 1.82) is 0 Å². The molecule has 0 unspecified atom stereocenters. The van der Waals surface area contributed by atoms with Crippen molar-refractivity contribution in [3.05, 3.63) is 59.9 Å². The molecule has 0 aromatic carbocycles. The minimum atomic E-state index is 0.563. The van der Waals surface area contributed by atoms with Crippen LogP contribution in [0.15, 0.2) is 51.8 Å². The molecule has 0 bridgehead atoms. The zero-order chi connectivity index (χ0) is 17.1. The molecule has 0 N–H and O–H groups in total. The molecule has 0 aliphatic carbocycles. The van der Waals surface area contributed by atoms with Crippen molar-refractivity contribution in [2.24, 2.45) is 0 Å². The molecule has 3 aromatic rings. The van der Waals surface area contributed by atoms with Gasteiger partial charge in [0.1, 0.15) is 5.76 Å². The number of piperazine rings is 1. The Bertz CT molecular complexity index is 790. The van der Waals surface area contributed by atoms with Crippen molar-refractivity contribution in [1.82, 2.24) is 19.8 Å². The van der Waals surface area contributed by atoms with E-state index in [1.807, 2.05) is 37.5 Å². The Morgan fingerprint density at radius 1 is 1.04 bits per heavy atom. The highest BCUT2D eigenvalue weighted by Crippen LogP contribution is 2.23. The van der Waals surface area contributed by atoms with Crippen LogP contribution in [0.1, 0.15) is 17.0 Å².